The number of likely N-dealkylation sites (tertiary alicyclic amines) is 1. The van der Waals surface area contributed by atoms with E-state index in [0.717, 1.165) is 65.8 Å². The van der Waals surface area contributed by atoms with Crippen LogP contribution in [0.1, 0.15) is 58.5 Å². The standard InChI is InChI=1S/C32H39N5O3/c1-6-25(19-34-22(2)3)26-7-9-27(10-8-26)32(39)36-16-13-24(14-17-36)20-37-21-29-23(4)28(11-12-30(29)35-37)31(38)33-15-18-40-5/h6-12,19,21,24H,1,13-18,20H2,2-5H3,(H,33,38)/b25-19+. The highest BCUT2D eigenvalue weighted by atomic mass is 16.5. The molecule has 2 aromatic carbocycles. The number of carbonyl (C=O) groups is 2. The third kappa shape index (κ3) is 6.93. The molecule has 1 fully saturated rings. The fourth-order valence-electron chi connectivity index (χ4n) is 5.00. The quantitative estimate of drug-likeness (QED) is 0.215. The second-order valence-corrected chi connectivity index (χ2v) is 10.4. The molecule has 0 saturated carbocycles. The molecule has 210 valence electrons. The molecule has 0 aliphatic carbocycles. The van der Waals surface area contributed by atoms with E-state index in [-0.39, 0.29) is 11.8 Å². The summed E-state index contributed by atoms with van der Waals surface area (Å²) in [7, 11) is 1.61. The molecule has 0 unspecified atom stereocenters. The van der Waals surface area contributed by atoms with Gasteiger partial charge < -0.3 is 15.0 Å². The van der Waals surface area contributed by atoms with Gasteiger partial charge in [0, 0.05) is 67.9 Å². The van der Waals surface area contributed by atoms with E-state index in [1.54, 1.807) is 19.4 Å². The lowest BCUT2D eigenvalue weighted by Crippen LogP contribution is -2.39. The monoisotopic (exact) mass is 541 g/mol. The first-order valence-electron chi connectivity index (χ1n) is 13.8. The Balaban J connectivity index is 1.35. The van der Waals surface area contributed by atoms with Crippen LogP contribution in [0.3, 0.4) is 0 Å². The Morgan fingerprint density at radius 3 is 2.48 bits per heavy atom. The molecule has 0 radical (unpaired) electrons. The van der Waals surface area contributed by atoms with Crippen LogP contribution in [0.4, 0.5) is 0 Å². The Kier molecular flexibility index (Phi) is 9.66. The minimum absolute atomic E-state index is 0.0633. The number of nitrogens with zero attached hydrogens (tertiary/aromatic N) is 4. The van der Waals surface area contributed by atoms with Crippen LogP contribution in [-0.2, 0) is 11.3 Å². The number of methoxy groups -OCH3 is 1. The Hall–Kier alpha value is -4.04. The van der Waals surface area contributed by atoms with Gasteiger partial charge in [0.25, 0.3) is 11.8 Å². The van der Waals surface area contributed by atoms with E-state index in [1.165, 1.54) is 0 Å². The van der Waals surface area contributed by atoms with Crippen LogP contribution in [0.15, 0.2) is 66.4 Å². The summed E-state index contributed by atoms with van der Waals surface area (Å²) < 4.78 is 7.00. The smallest absolute Gasteiger partial charge is 0.253 e. The van der Waals surface area contributed by atoms with Gasteiger partial charge in [-0.25, -0.2) is 0 Å². The van der Waals surface area contributed by atoms with Crippen LogP contribution >= 0.6 is 0 Å². The highest BCUT2D eigenvalue weighted by molar-refractivity contribution is 6.00. The number of piperidine rings is 1. The summed E-state index contributed by atoms with van der Waals surface area (Å²) in [4.78, 5) is 32.0. The van der Waals surface area contributed by atoms with E-state index in [0.29, 0.717) is 30.2 Å². The summed E-state index contributed by atoms with van der Waals surface area (Å²) in [5.41, 5.74) is 6.03. The van der Waals surface area contributed by atoms with E-state index in [4.69, 9.17) is 9.84 Å². The lowest BCUT2D eigenvalue weighted by Gasteiger charge is -2.32. The lowest BCUT2D eigenvalue weighted by atomic mass is 9.96. The van der Waals surface area contributed by atoms with Crippen molar-refractivity contribution in [3.05, 3.63) is 83.7 Å². The number of nitrogens with one attached hydrogen (secondary N) is 1. The number of carbonyl (C=O) groups excluding carboxylic acids is 2. The van der Waals surface area contributed by atoms with Gasteiger partial charge >= 0.3 is 0 Å². The predicted octanol–water partition coefficient (Wildman–Crippen LogP) is 5.28. The summed E-state index contributed by atoms with van der Waals surface area (Å²) >= 11 is 0. The number of aliphatic imine (C=N–C) groups is 1. The molecule has 1 aromatic heterocycles. The Bertz CT molecular complexity index is 1420. The molecule has 2 heterocycles. The zero-order valence-electron chi connectivity index (χ0n) is 23.9. The summed E-state index contributed by atoms with van der Waals surface area (Å²) in [5, 5.41) is 8.64. The molecule has 0 atom stereocenters. The maximum Gasteiger partial charge on any atom is 0.253 e. The van der Waals surface area contributed by atoms with Gasteiger partial charge in [-0.2, -0.15) is 5.10 Å². The topological polar surface area (TPSA) is 88.8 Å². The fourth-order valence-corrected chi connectivity index (χ4v) is 5.00. The van der Waals surface area contributed by atoms with Crippen molar-refractivity contribution in [2.75, 3.05) is 33.4 Å². The number of aromatic nitrogens is 2. The number of fused-ring (bicyclic) bond motifs is 1. The van der Waals surface area contributed by atoms with Crippen molar-refractivity contribution >= 4 is 34.0 Å². The highest BCUT2D eigenvalue weighted by Crippen LogP contribution is 2.25. The number of rotatable bonds is 10. The molecular formula is C32H39N5O3. The SMILES string of the molecule is C=C/C(=C\N=C(C)C)c1ccc(C(=O)N2CCC(Cn3cc4c(C)c(C(=O)NCCOC)ccc4n3)CC2)cc1. The molecule has 1 N–H and O–H groups in total. The first-order chi connectivity index (χ1) is 19.3. The Morgan fingerprint density at radius 1 is 1.12 bits per heavy atom. The molecule has 3 aromatic rings. The van der Waals surface area contributed by atoms with Crippen molar-refractivity contribution in [1.82, 2.24) is 20.0 Å². The van der Waals surface area contributed by atoms with Gasteiger partial charge in [-0.3, -0.25) is 19.3 Å². The van der Waals surface area contributed by atoms with Crippen molar-refractivity contribution in [3.8, 4) is 0 Å². The van der Waals surface area contributed by atoms with Gasteiger partial charge in [0.15, 0.2) is 0 Å². The first kappa shape index (κ1) is 29.0. The van der Waals surface area contributed by atoms with Crippen molar-refractivity contribution in [2.45, 2.75) is 40.2 Å². The summed E-state index contributed by atoms with van der Waals surface area (Å²) in [6, 6.07) is 11.4. The molecule has 4 rings (SSSR count). The zero-order chi connectivity index (χ0) is 28.6. The summed E-state index contributed by atoms with van der Waals surface area (Å²) in [5.74, 6) is 0.392. The number of hydrogen-bond acceptors (Lipinski definition) is 5. The van der Waals surface area contributed by atoms with Crippen molar-refractivity contribution in [1.29, 1.82) is 0 Å². The van der Waals surface area contributed by atoms with Gasteiger partial charge in [-0.1, -0.05) is 24.8 Å². The fraction of sp³-hybridized carbons (Fsp3) is 0.375. The van der Waals surface area contributed by atoms with E-state index in [2.05, 4.69) is 16.9 Å². The molecule has 1 aliphatic rings. The van der Waals surface area contributed by atoms with Crippen molar-refractivity contribution in [2.24, 2.45) is 10.9 Å². The normalized spacial score (nSPS) is 14.3. The molecule has 1 saturated heterocycles. The maximum atomic E-state index is 13.2. The van der Waals surface area contributed by atoms with Gasteiger partial charge in [0.05, 0.1) is 12.1 Å². The predicted molar refractivity (Wildman–Crippen MR) is 161 cm³/mol. The largest absolute Gasteiger partial charge is 0.383 e. The van der Waals surface area contributed by atoms with Gasteiger partial charge in [-0.15, -0.1) is 0 Å². The minimum Gasteiger partial charge on any atom is -0.383 e. The molecule has 8 heteroatoms. The van der Waals surface area contributed by atoms with Crippen LogP contribution in [0, 0.1) is 12.8 Å². The van der Waals surface area contributed by atoms with E-state index >= 15 is 0 Å². The third-order valence-electron chi connectivity index (χ3n) is 7.34. The Labute approximate surface area is 236 Å². The lowest BCUT2D eigenvalue weighted by molar-refractivity contribution is 0.0681. The van der Waals surface area contributed by atoms with E-state index in [9.17, 15) is 9.59 Å². The van der Waals surface area contributed by atoms with E-state index in [1.807, 2.05) is 72.9 Å². The molecule has 40 heavy (non-hydrogen) atoms. The van der Waals surface area contributed by atoms with Crippen molar-refractivity contribution < 1.29 is 14.3 Å². The van der Waals surface area contributed by atoms with Crippen LogP contribution in [0.25, 0.3) is 16.5 Å². The summed E-state index contributed by atoms with van der Waals surface area (Å²) in [6.45, 7) is 12.9. The van der Waals surface area contributed by atoms with Crippen LogP contribution in [0.5, 0.6) is 0 Å². The number of aryl methyl sites for hydroxylation is 1. The molecule has 0 bridgehead atoms. The van der Waals surface area contributed by atoms with Gasteiger partial charge in [0.1, 0.15) is 0 Å². The average Bonchev–Trinajstić information content (AvgIpc) is 3.37. The molecule has 2 amide bonds. The minimum atomic E-state index is -0.103. The first-order valence-corrected chi connectivity index (χ1v) is 13.8. The Morgan fingerprint density at radius 2 is 1.82 bits per heavy atom. The number of allylic oxidation sites excluding steroid dienone is 2. The molecular weight excluding hydrogens is 502 g/mol. The summed E-state index contributed by atoms with van der Waals surface area (Å²) in [6.07, 6.45) is 7.45. The second kappa shape index (κ2) is 13.3. The van der Waals surface area contributed by atoms with Crippen LogP contribution in [0.2, 0.25) is 0 Å². The highest BCUT2D eigenvalue weighted by Gasteiger charge is 2.24. The van der Waals surface area contributed by atoms with E-state index < -0.39 is 0 Å². The van der Waals surface area contributed by atoms with Gasteiger partial charge in [0.2, 0.25) is 0 Å². The maximum absolute atomic E-state index is 13.2. The molecule has 0 spiro atoms. The number of hydrogen-bond donors (Lipinski definition) is 1. The zero-order valence-corrected chi connectivity index (χ0v) is 23.9. The third-order valence-corrected chi connectivity index (χ3v) is 7.34. The molecule has 8 nitrogen and oxygen atoms in total. The van der Waals surface area contributed by atoms with Crippen LogP contribution in [-0.4, -0.2) is 65.6 Å². The van der Waals surface area contributed by atoms with Crippen molar-refractivity contribution in [3.63, 3.8) is 0 Å². The number of amides is 2. The number of ether oxygens (including phenoxy) is 1. The molecule has 1 aliphatic heterocycles. The number of benzene rings is 2. The van der Waals surface area contributed by atoms with Gasteiger partial charge in [-0.05, 0) is 80.5 Å². The second-order valence-electron chi connectivity index (χ2n) is 10.4. The van der Waals surface area contributed by atoms with Crippen LogP contribution < -0.4 is 5.32 Å². The average molecular weight is 542 g/mol.